The summed E-state index contributed by atoms with van der Waals surface area (Å²) >= 11 is 10.1. The molecule has 0 aliphatic rings. The van der Waals surface area contributed by atoms with Gasteiger partial charge in [0.15, 0.2) is 0 Å². The minimum Gasteiger partial charge on any atom is -1.00 e. The molecule has 20 aromatic rings. The van der Waals surface area contributed by atoms with E-state index in [4.69, 9.17) is 18.9 Å². The van der Waals surface area contributed by atoms with E-state index in [1.807, 2.05) is 67.7 Å². The van der Waals surface area contributed by atoms with E-state index in [0.717, 1.165) is 68.7 Å². The number of halogens is 3. The predicted octanol–water partition coefficient (Wildman–Crippen LogP) is 16.2. The molecule has 4 aromatic heterocycles. The summed E-state index contributed by atoms with van der Waals surface area (Å²) in [6.07, 6.45) is 3.62. The van der Waals surface area contributed by atoms with E-state index in [1.165, 1.54) is 69.2 Å². The second-order valence-corrected chi connectivity index (χ2v) is 39.5. The molecule has 0 bridgehead atoms. The van der Waals surface area contributed by atoms with E-state index in [-0.39, 0.29) is 131 Å². The van der Waals surface area contributed by atoms with Gasteiger partial charge in [-0.05, 0) is 198 Å². The number of carbonyl (C=O) groups excluding carboxylic acids is 1. The van der Waals surface area contributed by atoms with Crippen LogP contribution < -0.4 is 177 Å². The summed E-state index contributed by atoms with van der Waals surface area (Å²) in [7, 11) is -3.29. The van der Waals surface area contributed by atoms with Crippen LogP contribution in [0.1, 0.15) is 12.6 Å². The molecule has 4 heterocycles. The van der Waals surface area contributed by atoms with Crippen molar-refractivity contribution in [2.24, 2.45) is 0 Å². The number of para-hydroxylation sites is 4. The third-order valence-electron chi connectivity index (χ3n) is 19.7. The van der Waals surface area contributed by atoms with Crippen LogP contribution in [0, 0.1) is 13.8 Å². The first-order valence-corrected chi connectivity index (χ1v) is 48.3. The van der Waals surface area contributed by atoms with E-state index in [9.17, 15) is 10.0 Å². The van der Waals surface area contributed by atoms with E-state index in [2.05, 4.69) is 464 Å². The van der Waals surface area contributed by atoms with Crippen molar-refractivity contribution >= 4 is 206 Å². The summed E-state index contributed by atoms with van der Waals surface area (Å²) in [4.78, 5) is 19.8. The maximum absolute atomic E-state index is 9.24. The van der Waals surface area contributed by atoms with Crippen LogP contribution in [0.5, 0.6) is 0 Å². The van der Waals surface area contributed by atoms with Gasteiger partial charge in [0.05, 0.1) is 5.69 Å². The first-order chi connectivity index (χ1) is 61.9. The molecule has 0 saturated heterocycles. The van der Waals surface area contributed by atoms with Crippen LogP contribution in [0.25, 0.3) is 55.1 Å². The third kappa shape index (κ3) is 29.7. The number of hydrogen-bond acceptors (Lipinski definition) is 9. The molecule has 16 aromatic carbocycles. The van der Waals surface area contributed by atoms with Gasteiger partial charge in [0.2, 0.25) is 0 Å². The van der Waals surface area contributed by atoms with Crippen molar-refractivity contribution in [1.29, 1.82) is 0 Å². The van der Waals surface area contributed by atoms with Crippen molar-refractivity contribution < 1.29 is 158 Å². The number of nitrogens with zero attached hydrogens (tertiary/aromatic N) is 2. The fourth-order valence-electron chi connectivity index (χ4n) is 13.8. The Bertz CT molecular complexity index is 5830. The summed E-state index contributed by atoms with van der Waals surface area (Å²) in [6, 6.07) is 161. The minimum absolute atomic E-state index is 0. The van der Waals surface area contributed by atoms with Gasteiger partial charge in [-0.3, -0.25) is 9.78 Å². The molecule has 632 valence electrons. The molecule has 0 amide bonds. The summed E-state index contributed by atoms with van der Waals surface area (Å²) in [5.74, 6) is 0. The first-order valence-electron chi connectivity index (χ1n) is 40.5. The van der Waals surface area contributed by atoms with Crippen LogP contribution in [0.2, 0.25) is 0 Å². The number of pyridine rings is 2. The van der Waals surface area contributed by atoms with E-state index in [0.29, 0.717) is 11.0 Å². The molecule has 2 N–H and O–H groups in total. The van der Waals surface area contributed by atoms with Crippen LogP contribution >= 0.6 is 79.5 Å². The minimum atomic E-state index is -1.51. The molecule has 0 spiro atoms. The Balaban J connectivity index is 0.000000170. The molecule has 0 aliphatic heterocycles. The number of benzene rings is 16. The standard InChI is InChI=1S/C18H12BrNO.4C18H15P.C12H9BO3.C6H5Br2N.CH2O3.2K.Pd.H/c1-11-9-16(20-10-15(11)19)14-7-4-6-13-12-5-2-3-8-17(12)21-18(13)14;4*1-4-10-16(11-5-1)19(17-12-6-2-7-13-17)18-14-8-3-9-15-18;14-13(15)10-6-3-5-9-8-4-1-2-7-11(8)16-12(9)10;1-4-2-6(8)9-3-5(4)7;2-1-4-3;;;;/h2-10H,1H3;4*1-15H;1-7,14-15H;2-3H,1H3;1,3H;;;;/q;;;;;;;;2*+1;;-1/p-1. The fourth-order valence-corrected chi connectivity index (χ4v) is 23.9. The number of aryl methyl sites for hydroxylation is 2. The zero-order chi connectivity index (χ0) is 87.4. The smallest absolute Gasteiger partial charge is 1.00 e. The summed E-state index contributed by atoms with van der Waals surface area (Å²) in [5.41, 5.74) is 7.81. The number of furan rings is 2. The average molecular weight is 2100 g/mol. The predicted molar refractivity (Wildman–Crippen MR) is 546 cm³/mol. The first kappa shape index (κ1) is 103. The molecule has 0 unspecified atom stereocenters. The Hall–Kier alpha value is -8.07. The summed E-state index contributed by atoms with van der Waals surface area (Å²) in [5, 5.41) is 47.9. The van der Waals surface area contributed by atoms with Gasteiger partial charge in [0, 0.05) is 74.3 Å². The number of carbonyl (C=O) groups is 1. The van der Waals surface area contributed by atoms with Crippen LogP contribution in [0.15, 0.2) is 496 Å². The van der Waals surface area contributed by atoms with Crippen LogP contribution in [0.3, 0.4) is 0 Å². The van der Waals surface area contributed by atoms with Gasteiger partial charge in [-0.25, -0.2) is 4.98 Å². The van der Waals surface area contributed by atoms with Crippen LogP contribution in [-0.2, 0) is 30.1 Å². The molecule has 9 nitrogen and oxygen atoms in total. The maximum Gasteiger partial charge on any atom is 1.00 e. The molecule has 0 saturated carbocycles. The number of hydrogen-bond donors (Lipinski definition) is 2. The van der Waals surface area contributed by atoms with Crippen molar-refractivity contribution in [3.63, 3.8) is 0 Å². The van der Waals surface area contributed by atoms with Gasteiger partial charge in [0.1, 0.15) is 26.9 Å². The second-order valence-electron chi connectivity index (χ2n) is 28.1. The van der Waals surface area contributed by atoms with Gasteiger partial charge >= 0.3 is 110 Å². The largest absolute Gasteiger partial charge is 1.00 e. The topological polar surface area (TPSA) is 142 Å². The SMILES string of the molecule is Cc1cc(-c2cccc3c2oc2ccccc23)ncc1Br.Cc1cc(Br)ncc1Br.O=CO[O-].OB(O)c1cccc2c1oc1ccccc12.[H-].[K+].[K+].[Pd].c1ccc(P(c2ccccc2)c2ccccc2)cc1.c1ccc(P(c2ccccc2)c2ccccc2)cc1.c1ccc(P(c2ccccc2)c2ccccc2)cc1.c1ccc(P(c2ccccc2)c2ccccc2)cc1. The molecule has 0 fully saturated rings. The molecule has 20 heteroatoms. The van der Waals surface area contributed by atoms with Crippen LogP contribution in [0.4, 0.5) is 0 Å². The molecular weight excluding hydrogens is 2010 g/mol. The van der Waals surface area contributed by atoms with Crippen molar-refractivity contribution in [2.45, 2.75) is 13.8 Å². The van der Waals surface area contributed by atoms with Gasteiger partial charge in [-0.2, -0.15) is 0 Å². The summed E-state index contributed by atoms with van der Waals surface area (Å²) in [6.45, 7) is 3.91. The Morgan fingerprint density at radius 1 is 0.318 bits per heavy atom. The Morgan fingerprint density at radius 2 is 0.543 bits per heavy atom. The van der Waals surface area contributed by atoms with Crippen LogP contribution in [-0.4, -0.2) is 33.6 Å². The van der Waals surface area contributed by atoms with Crippen molar-refractivity contribution in [3.8, 4) is 11.3 Å². The molecule has 0 radical (unpaired) electrons. The number of aromatic nitrogens is 2. The van der Waals surface area contributed by atoms with Crippen molar-refractivity contribution in [3.05, 3.63) is 498 Å². The van der Waals surface area contributed by atoms with E-state index < -0.39 is 38.8 Å². The average Bonchev–Trinajstić information content (AvgIpc) is 1.62. The summed E-state index contributed by atoms with van der Waals surface area (Å²) < 4.78 is 14.6. The monoisotopic (exact) mass is 2090 g/mol. The Labute approximate surface area is 885 Å². The molecule has 20 rings (SSSR count). The van der Waals surface area contributed by atoms with Gasteiger partial charge in [-0.1, -0.05) is 431 Å². The molecule has 129 heavy (non-hydrogen) atoms. The van der Waals surface area contributed by atoms with Gasteiger partial charge < -0.3 is 30.5 Å². The Morgan fingerprint density at radius 3 is 0.791 bits per heavy atom. The quantitative estimate of drug-likeness (QED) is 0.0256. The second kappa shape index (κ2) is 55.4. The number of rotatable bonds is 15. The molecule has 0 aliphatic carbocycles. The number of fused-ring (bicyclic) bond motifs is 6. The van der Waals surface area contributed by atoms with E-state index >= 15 is 0 Å². The molecular formula is C109H88BBr3K2N2O7P4Pd. The molecule has 0 atom stereocenters. The van der Waals surface area contributed by atoms with E-state index in [1.54, 1.807) is 18.3 Å². The zero-order valence-corrected chi connectivity index (χ0v) is 87.4. The Kier molecular flexibility index (Phi) is 44.3. The van der Waals surface area contributed by atoms with Crippen molar-refractivity contribution in [1.82, 2.24) is 9.97 Å². The van der Waals surface area contributed by atoms with Gasteiger partial charge in [0.25, 0.3) is 6.47 Å². The van der Waals surface area contributed by atoms with Crippen molar-refractivity contribution in [2.75, 3.05) is 0 Å². The third-order valence-corrected chi connectivity index (χ3v) is 31.5. The zero-order valence-electron chi connectivity index (χ0n) is 72.3. The van der Waals surface area contributed by atoms with Gasteiger partial charge in [-0.15, -0.1) is 0 Å². The normalized spacial score (nSPS) is 10.3. The maximum atomic E-state index is 9.24. The fraction of sp³-hybridized carbons (Fsp3) is 0.0183.